The van der Waals surface area contributed by atoms with Gasteiger partial charge in [0, 0.05) is 21.5 Å². The summed E-state index contributed by atoms with van der Waals surface area (Å²) in [6, 6.07) is 13.8. The molecule has 0 spiro atoms. The molecule has 166 valence electrons. The minimum atomic E-state index is -1.29. The molecule has 0 atom stereocenters. The minimum Gasteiger partial charge on any atom is -0.545 e. The number of rotatable bonds is 4. The number of barbiturate groups is 1. The lowest BCUT2D eigenvalue weighted by Gasteiger charge is -2.26. The van der Waals surface area contributed by atoms with Crippen molar-refractivity contribution in [2.45, 2.75) is 13.8 Å². The Kier molecular flexibility index (Phi) is 5.73. The second-order valence-electron chi connectivity index (χ2n) is 7.44. The molecule has 1 aromatic heterocycles. The monoisotopic (exact) mass is 506 g/mol. The number of halogens is 1. The number of amides is 4. The van der Waals surface area contributed by atoms with Crippen LogP contribution in [0.25, 0.3) is 11.8 Å². The van der Waals surface area contributed by atoms with Crippen LogP contribution in [0.4, 0.5) is 10.5 Å². The summed E-state index contributed by atoms with van der Waals surface area (Å²) in [6.07, 6.45) is 1.43. The molecule has 1 N–H and O–H groups in total. The molecule has 1 aliphatic heterocycles. The zero-order chi connectivity index (χ0) is 23.9. The van der Waals surface area contributed by atoms with E-state index in [1.165, 1.54) is 18.2 Å². The molecule has 9 heteroatoms. The third-order valence-electron chi connectivity index (χ3n) is 5.28. The van der Waals surface area contributed by atoms with Crippen molar-refractivity contribution in [1.29, 1.82) is 0 Å². The van der Waals surface area contributed by atoms with Gasteiger partial charge in [0.1, 0.15) is 5.57 Å². The van der Waals surface area contributed by atoms with E-state index in [1.807, 2.05) is 6.92 Å². The number of carboxylic acid groups (broad SMARTS) is 1. The number of nitrogens with zero attached hydrogens (tertiary/aromatic N) is 2. The maximum absolute atomic E-state index is 13.1. The first-order valence-corrected chi connectivity index (χ1v) is 10.6. The number of carbonyl (C=O) groups is 4. The summed E-state index contributed by atoms with van der Waals surface area (Å²) in [5.41, 5.74) is 2.77. The van der Waals surface area contributed by atoms with E-state index >= 15 is 0 Å². The standard InChI is InChI=1S/C24H18BrN3O5/c1-13-9-16(14(2)27(13)18-7-3-5-15(10-18)23(31)32)11-20-21(29)26-24(33)28(22(20)30)19-8-4-6-17(25)12-19/h3-12H,1-2H3,(H,31,32)(H,26,29,33)/p-1/b20-11+. The van der Waals surface area contributed by atoms with Crippen LogP contribution in [0, 0.1) is 13.8 Å². The summed E-state index contributed by atoms with van der Waals surface area (Å²) >= 11 is 3.31. The average molecular weight is 507 g/mol. The molecule has 0 unspecified atom stereocenters. The van der Waals surface area contributed by atoms with Crippen molar-refractivity contribution in [2.24, 2.45) is 0 Å². The molecule has 0 bridgehead atoms. The lowest BCUT2D eigenvalue weighted by Crippen LogP contribution is -2.54. The number of aromatic nitrogens is 1. The fourth-order valence-corrected chi connectivity index (χ4v) is 4.15. The van der Waals surface area contributed by atoms with Gasteiger partial charge in [0.2, 0.25) is 0 Å². The molecular formula is C24H17BrN3O5-. The number of hydrogen-bond donors (Lipinski definition) is 1. The molecule has 8 nitrogen and oxygen atoms in total. The Hall–Kier alpha value is -3.98. The van der Waals surface area contributed by atoms with E-state index in [9.17, 15) is 24.3 Å². The zero-order valence-corrected chi connectivity index (χ0v) is 19.2. The Balaban J connectivity index is 1.77. The predicted molar refractivity (Wildman–Crippen MR) is 123 cm³/mol. The first kappa shape index (κ1) is 22.2. The maximum atomic E-state index is 13.1. The quantitative estimate of drug-likeness (QED) is 0.431. The van der Waals surface area contributed by atoms with Crippen molar-refractivity contribution in [3.8, 4) is 5.69 Å². The summed E-state index contributed by atoms with van der Waals surface area (Å²) < 4.78 is 2.48. The van der Waals surface area contributed by atoms with Gasteiger partial charge in [-0.3, -0.25) is 14.9 Å². The van der Waals surface area contributed by atoms with Gasteiger partial charge in [0.05, 0.1) is 11.7 Å². The van der Waals surface area contributed by atoms with Crippen LogP contribution in [-0.4, -0.2) is 28.4 Å². The molecule has 1 aliphatic rings. The molecule has 1 fully saturated rings. The highest BCUT2D eigenvalue weighted by Crippen LogP contribution is 2.27. The number of aryl methyl sites for hydroxylation is 1. The highest BCUT2D eigenvalue weighted by Gasteiger charge is 2.37. The highest BCUT2D eigenvalue weighted by molar-refractivity contribution is 9.10. The first-order chi connectivity index (χ1) is 15.7. The van der Waals surface area contributed by atoms with E-state index in [2.05, 4.69) is 21.2 Å². The third-order valence-corrected chi connectivity index (χ3v) is 5.77. The van der Waals surface area contributed by atoms with Crippen molar-refractivity contribution < 1.29 is 24.3 Å². The van der Waals surface area contributed by atoms with Crippen molar-refractivity contribution >= 4 is 51.5 Å². The van der Waals surface area contributed by atoms with Gasteiger partial charge in [-0.25, -0.2) is 9.69 Å². The second-order valence-corrected chi connectivity index (χ2v) is 8.35. The molecule has 2 heterocycles. The zero-order valence-electron chi connectivity index (χ0n) is 17.6. The molecule has 3 aromatic rings. The van der Waals surface area contributed by atoms with Gasteiger partial charge in [-0.1, -0.05) is 34.1 Å². The van der Waals surface area contributed by atoms with Crippen molar-refractivity contribution in [3.63, 3.8) is 0 Å². The van der Waals surface area contributed by atoms with Gasteiger partial charge in [0.15, 0.2) is 0 Å². The molecule has 0 radical (unpaired) electrons. The Labute approximate surface area is 197 Å². The number of imide groups is 2. The van der Waals surface area contributed by atoms with Crippen molar-refractivity contribution in [3.05, 3.63) is 87.2 Å². The van der Waals surface area contributed by atoms with Crippen LogP contribution in [-0.2, 0) is 9.59 Å². The molecule has 4 rings (SSSR count). The molecule has 1 saturated heterocycles. The van der Waals surface area contributed by atoms with Crippen LogP contribution >= 0.6 is 15.9 Å². The Morgan fingerprint density at radius 3 is 2.39 bits per heavy atom. The molecular weight excluding hydrogens is 490 g/mol. The normalized spacial score (nSPS) is 15.2. The number of hydrogen-bond acceptors (Lipinski definition) is 5. The van der Waals surface area contributed by atoms with Gasteiger partial charge in [0.25, 0.3) is 11.8 Å². The number of carboxylic acids is 1. The minimum absolute atomic E-state index is 0.0323. The van der Waals surface area contributed by atoms with Crippen molar-refractivity contribution in [1.82, 2.24) is 9.88 Å². The maximum Gasteiger partial charge on any atom is 0.335 e. The summed E-state index contributed by atoms with van der Waals surface area (Å²) in [6.45, 7) is 3.61. The second kappa shape index (κ2) is 8.51. The highest BCUT2D eigenvalue weighted by atomic mass is 79.9. The number of carbonyl (C=O) groups excluding carboxylic acids is 4. The van der Waals surface area contributed by atoms with Crippen LogP contribution < -0.4 is 15.3 Å². The van der Waals surface area contributed by atoms with Crippen LogP contribution in [0.1, 0.15) is 27.3 Å². The van der Waals surface area contributed by atoms with E-state index in [0.717, 1.165) is 10.6 Å². The van der Waals surface area contributed by atoms with E-state index in [-0.39, 0.29) is 11.1 Å². The number of anilines is 1. The fraction of sp³-hybridized carbons (Fsp3) is 0.0833. The number of aromatic carboxylic acids is 1. The van der Waals surface area contributed by atoms with Gasteiger partial charge >= 0.3 is 6.03 Å². The molecule has 2 aromatic carbocycles. The lowest BCUT2D eigenvalue weighted by molar-refractivity contribution is -0.255. The van der Waals surface area contributed by atoms with Crippen molar-refractivity contribution in [2.75, 3.05) is 4.90 Å². The molecule has 0 aliphatic carbocycles. The van der Waals surface area contributed by atoms with E-state index in [1.54, 1.807) is 54.0 Å². The summed E-state index contributed by atoms with van der Waals surface area (Å²) in [5, 5.41) is 13.4. The van der Waals surface area contributed by atoms with E-state index in [0.29, 0.717) is 27.1 Å². The number of urea groups is 1. The summed E-state index contributed by atoms with van der Waals surface area (Å²) in [4.78, 5) is 50.2. The third kappa shape index (κ3) is 4.10. The van der Waals surface area contributed by atoms with Gasteiger partial charge in [-0.15, -0.1) is 0 Å². The SMILES string of the molecule is Cc1cc(/C=C2\C(=O)NC(=O)N(c3cccc(Br)c3)C2=O)c(C)n1-c1cccc(C(=O)[O-])c1. The smallest absolute Gasteiger partial charge is 0.335 e. The van der Waals surface area contributed by atoms with Crippen LogP contribution in [0.2, 0.25) is 0 Å². The number of benzene rings is 2. The van der Waals surface area contributed by atoms with Gasteiger partial charge in [-0.2, -0.15) is 0 Å². The van der Waals surface area contributed by atoms with E-state index in [4.69, 9.17) is 0 Å². The summed E-state index contributed by atoms with van der Waals surface area (Å²) in [5.74, 6) is -2.82. The molecule has 0 saturated carbocycles. The van der Waals surface area contributed by atoms with Gasteiger partial charge < -0.3 is 14.5 Å². The Morgan fingerprint density at radius 1 is 1.00 bits per heavy atom. The topological polar surface area (TPSA) is 112 Å². The Bertz CT molecular complexity index is 1370. The Morgan fingerprint density at radius 2 is 1.70 bits per heavy atom. The fourth-order valence-electron chi connectivity index (χ4n) is 3.77. The van der Waals surface area contributed by atoms with Crippen LogP contribution in [0.3, 0.4) is 0 Å². The largest absolute Gasteiger partial charge is 0.545 e. The van der Waals surface area contributed by atoms with Crippen LogP contribution in [0.15, 0.2) is 64.6 Å². The lowest BCUT2D eigenvalue weighted by atomic mass is 10.1. The summed E-state index contributed by atoms with van der Waals surface area (Å²) in [7, 11) is 0. The predicted octanol–water partition coefficient (Wildman–Crippen LogP) is 2.89. The molecule has 4 amide bonds. The molecule has 33 heavy (non-hydrogen) atoms. The first-order valence-electron chi connectivity index (χ1n) is 9.85. The average Bonchev–Trinajstić information content (AvgIpc) is 3.04. The van der Waals surface area contributed by atoms with Gasteiger partial charge in [-0.05, 0) is 67.4 Å². The van der Waals surface area contributed by atoms with E-state index < -0.39 is 23.8 Å². The van der Waals surface area contributed by atoms with Crippen LogP contribution in [0.5, 0.6) is 0 Å². The number of nitrogens with one attached hydrogen (secondary N) is 1.